The predicted molar refractivity (Wildman–Crippen MR) is 96.6 cm³/mol. The molecule has 0 aliphatic heterocycles. The molecule has 0 aromatic heterocycles. The van der Waals surface area contributed by atoms with Crippen molar-refractivity contribution in [1.29, 1.82) is 0 Å². The highest BCUT2D eigenvalue weighted by molar-refractivity contribution is 5.28. The maximum absolute atomic E-state index is 5.51. The summed E-state index contributed by atoms with van der Waals surface area (Å²) in [5.74, 6) is 0. The normalized spacial score (nSPS) is 15.3. The van der Waals surface area contributed by atoms with Crippen molar-refractivity contribution < 1.29 is 19.6 Å². The third-order valence-electron chi connectivity index (χ3n) is 3.06. The summed E-state index contributed by atoms with van der Waals surface area (Å²) in [7, 11) is 0. The molecule has 0 heterocycles. The topological polar surface area (TPSA) is 36.9 Å². The van der Waals surface area contributed by atoms with E-state index in [1.807, 2.05) is 67.5 Å². The van der Waals surface area contributed by atoms with Gasteiger partial charge in [0, 0.05) is 12.8 Å². The minimum absolute atomic E-state index is 0.0209. The molecule has 0 radical (unpaired) electrons. The number of rotatable bonds is 8. The highest BCUT2D eigenvalue weighted by Crippen LogP contribution is 2.18. The van der Waals surface area contributed by atoms with E-state index >= 15 is 0 Å². The average Bonchev–Trinajstić information content (AvgIpc) is 2.44. The van der Waals surface area contributed by atoms with E-state index < -0.39 is 0 Å². The fraction of sp³-hybridized carbons (Fsp3) is 0.700. The van der Waals surface area contributed by atoms with E-state index in [0.29, 0.717) is 0 Å². The van der Waals surface area contributed by atoms with Crippen LogP contribution in [0.3, 0.4) is 0 Å². The third kappa shape index (κ3) is 9.38. The lowest BCUT2D eigenvalue weighted by Crippen LogP contribution is -2.25. The Kier molecular flexibility index (Phi) is 7.87. The first-order chi connectivity index (χ1) is 11.0. The Balaban J connectivity index is 2.61. The first-order valence-electron chi connectivity index (χ1n) is 8.72. The van der Waals surface area contributed by atoms with Crippen LogP contribution >= 0.6 is 0 Å². The van der Waals surface area contributed by atoms with Gasteiger partial charge in [-0.3, -0.25) is 0 Å². The van der Waals surface area contributed by atoms with Gasteiger partial charge in [-0.25, -0.2) is 19.6 Å². The van der Waals surface area contributed by atoms with Gasteiger partial charge in [0.2, 0.25) is 0 Å². The molecular weight excluding hydrogens is 304 g/mol. The molecule has 0 bridgehead atoms. The lowest BCUT2D eigenvalue weighted by Gasteiger charge is -2.23. The molecule has 0 saturated carbocycles. The smallest absolute Gasteiger partial charge is 0.0952 e. The Bertz CT molecular complexity index is 440. The maximum Gasteiger partial charge on any atom is 0.0952 e. The van der Waals surface area contributed by atoms with Crippen molar-refractivity contribution in [1.82, 2.24) is 0 Å². The molecule has 1 aromatic carbocycles. The van der Waals surface area contributed by atoms with Gasteiger partial charge in [0.05, 0.1) is 23.4 Å². The van der Waals surface area contributed by atoms with Crippen molar-refractivity contribution in [3.8, 4) is 0 Å². The second kappa shape index (κ2) is 8.95. The van der Waals surface area contributed by atoms with Gasteiger partial charge in [-0.15, -0.1) is 0 Å². The monoisotopic (exact) mass is 338 g/mol. The van der Waals surface area contributed by atoms with Crippen LogP contribution in [0.4, 0.5) is 0 Å². The number of hydrogen-bond donors (Lipinski definition) is 0. The average molecular weight is 338 g/mol. The zero-order valence-electron chi connectivity index (χ0n) is 16.5. The first kappa shape index (κ1) is 21.1. The Hall–Kier alpha value is -0.940. The minimum Gasteiger partial charge on any atom is -0.233 e. The first-order valence-corrected chi connectivity index (χ1v) is 8.72. The summed E-state index contributed by atoms with van der Waals surface area (Å²) >= 11 is 0. The fourth-order valence-electron chi connectivity index (χ4n) is 2.10. The van der Waals surface area contributed by atoms with Gasteiger partial charge >= 0.3 is 0 Å². The molecule has 0 N–H and O–H groups in total. The molecule has 4 nitrogen and oxygen atoms in total. The van der Waals surface area contributed by atoms with Gasteiger partial charge in [0.15, 0.2) is 0 Å². The van der Waals surface area contributed by atoms with Crippen molar-refractivity contribution in [3.05, 3.63) is 35.4 Å². The lowest BCUT2D eigenvalue weighted by atomic mass is 9.98. The predicted octanol–water partition coefficient (Wildman–Crippen LogP) is 5.04. The molecule has 0 fully saturated rings. The van der Waals surface area contributed by atoms with Gasteiger partial charge < -0.3 is 0 Å². The molecular formula is C20H34O4. The molecule has 0 spiro atoms. The van der Waals surface area contributed by atoms with Crippen LogP contribution in [0.5, 0.6) is 0 Å². The summed E-state index contributed by atoms with van der Waals surface area (Å²) in [4.78, 5) is 21.8. The fourth-order valence-corrected chi connectivity index (χ4v) is 2.10. The van der Waals surface area contributed by atoms with Crippen LogP contribution in [0.15, 0.2) is 24.3 Å². The van der Waals surface area contributed by atoms with Gasteiger partial charge in [0.1, 0.15) is 0 Å². The molecule has 2 unspecified atom stereocenters. The van der Waals surface area contributed by atoms with E-state index in [9.17, 15) is 0 Å². The Morgan fingerprint density at radius 1 is 0.708 bits per heavy atom. The van der Waals surface area contributed by atoms with E-state index in [-0.39, 0.29) is 23.4 Å². The summed E-state index contributed by atoms with van der Waals surface area (Å²) in [6.07, 6.45) is 1.54. The number of benzene rings is 1. The largest absolute Gasteiger partial charge is 0.233 e. The van der Waals surface area contributed by atoms with E-state index in [4.69, 9.17) is 19.6 Å². The molecule has 0 aliphatic rings. The van der Waals surface area contributed by atoms with Crippen molar-refractivity contribution in [2.24, 2.45) is 0 Å². The summed E-state index contributed by atoms with van der Waals surface area (Å²) < 4.78 is 0. The minimum atomic E-state index is -0.305. The molecule has 4 heteroatoms. The van der Waals surface area contributed by atoms with Gasteiger partial charge in [-0.2, -0.15) is 0 Å². The van der Waals surface area contributed by atoms with Crippen LogP contribution in [-0.4, -0.2) is 23.4 Å². The quantitative estimate of drug-likeness (QED) is 0.491. The molecule has 0 saturated heterocycles. The highest BCUT2D eigenvalue weighted by Gasteiger charge is 2.18. The molecule has 138 valence electrons. The van der Waals surface area contributed by atoms with Crippen LogP contribution in [0, 0.1) is 0 Å². The molecule has 1 rings (SSSR count). The SMILES string of the molecule is CC(Cc1ccccc1CC(C)OOC(C)(C)C)OOC(C)(C)C. The molecule has 1 aromatic rings. The molecule has 0 amide bonds. The van der Waals surface area contributed by atoms with Crippen LogP contribution in [0.1, 0.15) is 66.5 Å². The lowest BCUT2D eigenvalue weighted by molar-refractivity contribution is -0.370. The molecule has 24 heavy (non-hydrogen) atoms. The van der Waals surface area contributed by atoms with Gasteiger partial charge in [-0.05, 0) is 66.5 Å². The Morgan fingerprint density at radius 3 is 1.33 bits per heavy atom. The van der Waals surface area contributed by atoms with Crippen molar-refractivity contribution in [2.45, 2.75) is 91.6 Å². The van der Waals surface area contributed by atoms with Crippen LogP contribution in [0.25, 0.3) is 0 Å². The van der Waals surface area contributed by atoms with E-state index in [1.165, 1.54) is 11.1 Å². The summed E-state index contributed by atoms with van der Waals surface area (Å²) in [5, 5.41) is 0. The third-order valence-corrected chi connectivity index (χ3v) is 3.06. The van der Waals surface area contributed by atoms with Gasteiger partial charge in [0.25, 0.3) is 0 Å². The molecule has 0 aliphatic carbocycles. The highest BCUT2D eigenvalue weighted by atomic mass is 17.2. The zero-order valence-corrected chi connectivity index (χ0v) is 16.5. The zero-order chi connectivity index (χ0) is 18.4. The van der Waals surface area contributed by atoms with E-state index in [1.54, 1.807) is 0 Å². The number of hydrogen-bond acceptors (Lipinski definition) is 4. The second-order valence-electron chi connectivity index (χ2n) is 8.38. The van der Waals surface area contributed by atoms with Crippen LogP contribution in [-0.2, 0) is 32.4 Å². The summed E-state index contributed by atoms with van der Waals surface area (Å²) in [5.41, 5.74) is 1.88. The maximum atomic E-state index is 5.51. The van der Waals surface area contributed by atoms with Crippen LogP contribution < -0.4 is 0 Å². The van der Waals surface area contributed by atoms with Crippen molar-refractivity contribution in [3.63, 3.8) is 0 Å². The standard InChI is InChI=1S/C20H34O4/c1-15(21-23-19(3,4)5)13-17-11-9-10-12-18(17)14-16(2)22-24-20(6,7)8/h9-12,15-16H,13-14H2,1-8H3. The molecule has 2 atom stereocenters. The Labute approximate surface area is 147 Å². The Morgan fingerprint density at radius 2 is 1.04 bits per heavy atom. The van der Waals surface area contributed by atoms with Gasteiger partial charge in [-0.1, -0.05) is 24.3 Å². The van der Waals surface area contributed by atoms with Crippen molar-refractivity contribution >= 4 is 0 Å². The summed E-state index contributed by atoms with van der Waals surface area (Å²) in [6.45, 7) is 15.9. The second-order valence-corrected chi connectivity index (χ2v) is 8.38. The van der Waals surface area contributed by atoms with E-state index in [2.05, 4.69) is 12.1 Å². The summed E-state index contributed by atoms with van der Waals surface area (Å²) in [6, 6.07) is 8.36. The van der Waals surface area contributed by atoms with Crippen molar-refractivity contribution in [2.75, 3.05) is 0 Å². The van der Waals surface area contributed by atoms with Crippen LogP contribution in [0.2, 0.25) is 0 Å². The van der Waals surface area contributed by atoms with E-state index in [0.717, 1.165) is 12.8 Å².